The van der Waals surface area contributed by atoms with Gasteiger partial charge in [0.15, 0.2) is 5.78 Å². The molecule has 1 saturated heterocycles. The van der Waals surface area contributed by atoms with E-state index in [4.69, 9.17) is 0 Å². The lowest BCUT2D eigenvalue weighted by Gasteiger charge is -2.30. The van der Waals surface area contributed by atoms with E-state index >= 15 is 0 Å². The van der Waals surface area contributed by atoms with E-state index in [1.807, 2.05) is 32.0 Å². The Kier molecular flexibility index (Phi) is 3.99. The molecule has 5 heteroatoms. The van der Waals surface area contributed by atoms with E-state index in [2.05, 4.69) is 5.32 Å². The van der Waals surface area contributed by atoms with Crippen LogP contribution in [-0.2, 0) is 9.59 Å². The fraction of sp³-hybridized carbons (Fsp3) is 0.400. The number of nitrogens with one attached hydrogen (secondary N) is 1. The molecule has 0 spiro atoms. The topological polar surface area (TPSA) is 66.5 Å². The number of benzene rings is 1. The van der Waals surface area contributed by atoms with Crippen LogP contribution in [0.1, 0.15) is 28.4 Å². The van der Waals surface area contributed by atoms with E-state index in [9.17, 15) is 14.4 Å². The maximum absolute atomic E-state index is 12.5. The zero-order valence-electron chi connectivity index (χ0n) is 11.9. The standard InChI is InChI=1S/C15H18N2O3/c1-9-4-5-10(2)12(6-9)15(20)11(3)17-7-13(18)16-14(19)8-17/h4-6,11H,7-8H2,1-3H3,(H,16,18,19). The van der Waals surface area contributed by atoms with Gasteiger partial charge in [0.2, 0.25) is 11.8 Å². The summed E-state index contributed by atoms with van der Waals surface area (Å²) in [6.07, 6.45) is 0. The number of amides is 2. The number of aryl methyl sites for hydroxylation is 2. The summed E-state index contributed by atoms with van der Waals surface area (Å²) in [7, 11) is 0. The van der Waals surface area contributed by atoms with Gasteiger partial charge in [-0.3, -0.25) is 24.6 Å². The molecule has 0 saturated carbocycles. The number of hydrogen-bond acceptors (Lipinski definition) is 4. The van der Waals surface area contributed by atoms with Gasteiger partial charge in [-0.25, -0.2) is 0 Å². The van der Waals surface area contributed by atoms with Gasteiger partial charge in [0.1, 0.15) is 0 Å². The number of nitrogens with zero attached hydrogens (tertiary/aromatic N) is 1. The largest absolute Gasteiger partial charge is 0.294 e. The van der Waals surface area contributed by atoms with Crippen molar-refractivity contribution in [2.24, 2.45) is 0 Å². The Morgan fingerprint density at radius 1 is 1.20 bits per heavy atom. The molecule has 1 aliphatic rings. The third-order valence-corrected chi connectivity index (χ3v) is 3.56. The Morgan fingerprint density at radius 3 is 2.40 bits per heavy atom. The molecule has 0 bridgehead atoms. The van der Waals surface area contributed by atoms with E-state index in [0.717, 1.165) is 11.1 Å². The monoisotopic (exact) mass is 274 g/mol. The van der Waals surface area contributed by atoms with Gasteiger partial charge in [0, 0.05) is 5.56 Å². The molecule has 1 aliphatic heterocycles. The molecule has 2 rings (SSSR count). The molecule has 1 unspecified atom stereocenters. The molecular formula is C15H18N2O3. The smallest absolute Gasteiger partial charge is 0.240 e. The Labute approximate surface area is 118 Å². The van der Waals surface area contributed by atoms with Crippen LogP contribution >= 0.6 is 0 Å². The summed E-state index contributed by atoms with van der Waals surface area (Å²) in [6, 6.07) is 5.21. The van der Waals surface area contributed by atoms with Gasteiger partial charge >= 0.3 is 0 Å². The van der Waals surface area contributed by atoms with Crippen LogP contribution in [0.5, 0.6) is 0 Å². The lowest BCUT2D eigenvalue weighted by atomic mass is 9.97. The molecule has 1 aromatic carbocycles. The molecule has 0 radical (unpaired) electrons. The van der Waals surface area contributed by atoms with Crippen LogP contribution in [0.3, 0.4) is 0 Å². The minimum atomic E-state index is -0.495. The van der Waals surface area contributed by atoms with Gasteiger partial charge in [-0.05, 0) is 32.4 Å². The van der Waals surface area contributed by atoms with E-state index in [1.54, 1.807) is 11.8 Å². The van der Waals surface area contributed by atoms with Crippen molar-refractivity contribution in [3.8, 4) is 0 Å². The molecule has 20 heavy (non-hydrogen) atoms. The van der Waals surface area contributed by atoms with Crippen molar-refractivity contribution >= 4 is 17.6 Å². The summed E-state index contributed by atoms with van der Waals surface area (Å²) in [6.45, 7) is 5.69. The van der Waals surface area contributed by atoms with Crippen LogP contribution in [-0.4, -0.2) is 41.6 Å². The maximum atomic E-state index is 12.5. The number of rotatable bonds is 3. The molecule has 0 aliphatic carbocycles. The third-order valence-electron chi connectivity index (χ3n) is 3.56. The first-order chi connectivity index (χ1) is 9.38. The molecular weight excluding hydrogens is 256 g/mol. The predicted molar refractivity (Wildman–Crippen MR) is 74.4 cm³/mol. The minimum Gasteiger partial charge on any atom is -0.294 e. The second-order valence-electron chi connectivity index (χ2n) is 5.23. The lowest BCUT2D eigenvalue weighted by Crippen LogP contribution is -2.55. The quantitative estimate of drug-likeness (QED) is 0.655. The molecule has 106 valence electrons. The average molecular weight is 274 g/mol. The van der Waals surface area contributed by atoms with Crippen molar-refractivity contribution in [3.05, 3.63) is 34.9 Å². The number of carbonyl (C=O) groups excluding carboxylic acids is 3. The number of Topliss-reactive ketones (excluding diaryl/α,β-unsaturated/α-hetero) is 1. The zero-order valence-corrected chi connectivity index (χ0v) is 11.9. The van der Waals surface area contributed by atoms with Gasteiger partial charge in [0.05, 0.1) is 19.1 Å². The van der Waals surface area contributed by atoms with Crippen LogP contribution in [0.25, 0.3) is 0 Å². The maximum Gasteiger partial charge on any atom is 0.240 e. The number of piperazine rings is 1. The molecule has 5 nitrogen and oxygen atoms in total. The number of imide groups is 1. The van der Waals surface area contributed by atoms with Gasteiger partial charge in [-0.2, -0.15) is 0 Å². The van der Waals surface area contributed by atoms with Crippen LogP contribution in [0.4, 0.5) is 0 Å². The Hall–Kier alpha value is -2.01. The van der Waals surface area contributed by atoms with Crippen molar-refractivity contribution in [2.45, 2.75) is 26.8 Å². The highest BCUT2D eigenvalue weighted by atomic mass is 16.2. The fourth-order valence-electron chi connectivity index (χ4n) is 2.33. The third kappa shape index (κ3) is 2.93. The molecule has 1 heterocycles. The van der Waals surface area contributed by atoms with Crippen molar-refractivity contribution in [1.82, 2.24) is 10.2 Å². The van der Waals surface area contributed by atoms with Gasteiger partial charge < -0.3 is 0 Å². The lowest BCUT2D eigenvalue weighted by molar-refractivity contribution is -0.136. The number of carbonyl (C=O) groups is 3. The summed E-state index contributed by atoms with van der Waals surface area (Å²) in [5, 5.41) is 2.23. The van der Waals surface area contributed by atoms with Gasteiger partial charge in [0.25, 0.3) is 0 Å². The summed E-state index contributed by atoms with van der Waals surface area (Å²) in [5.41, 5.74) is 2.56. The summed E-state index contributed by atoms with van der Waals surface area (Å²) >= 11 is 0. The van der Waals surface area contributed by atoms with Crippen molar-refractivity contribution in [2.75, 3.05) is 13.1 Å². The second-order valence-corrected chi connectivity index (χ2v) is 5.23. The Morgan fingerprint density at radius 2 is 1.80 bits per heavy atom. The van der Waals surface area contributed by atoms with Crippen molar-refractivity contribution in [1.29, 1.82) is 0 Å². The molecule has 1 aromatic rings. The summed E-state index contributed by atoms with van der Waals surface area (Å²) in [5.74, 6) is -0.780. The number of ketones is 1. The fourth-order valence-corrected chi connectivity index (χ4v) is 2.33. The molecule has 1 atom stereocenters. The molecule has 1 fully saturated rings. The summed E-state index contributed by atoms with van der Waals surface area (Å²) in [4.78, 5) is 36.9. The van der Waals surface area contributed by atoms with E-state index in [-0.39, 0.29) is 30.7 Å². The van der Waals surface area contributed by atoms with Gasteiger partial charge in [-0.15, -0.1) is 0 Å². The molecule has 2 amide bonds. The first-order valence-electron chi connectivity index (χ1n) is 6.56. The zero-order chi connectivity index (χ0) is 14.9. The van der Waals surface area contributed by atoms with Crippen LogP contribution in [0.15, 0.2) is 18.2 Å². The molecule has 0 aromatic heterocycles. The SMILES string of the molecule is Cc1ccc(C)c(C(=O)C(C)N2CC(=O)NC(=O)C2)c1. The van der Waals surface area contributed by atoms with E-state index in [1.165, 1.54) is 0 Å². The Bertz CT molecular complexity index is 564. The molecule has 1 N–H and O–H groups in total. The van der Waals surface area contributed by atoms with Crippen molar-refractivity contribution < 1.29 is 14.4 Å². The predicted octanol–water partition coefficient (Wildman–Crippen LogP) is 0.833. The van der Waals surface area contributed by atoms with E-state index in [0.29, 0.717) is 5.56 Å². The first kappa shape index (κ1) is 14.4. The minimum absolute atomic E-state index is 0.0614. The highest BCUT2D eigenvalue weighted by Crippen LogP contribution is 2.16. The van der Waals surface area contributed by atoms with Crippen molar-refractivity contribution in [3.63, 3.8) is 0 Å². The van der Waals surface area contributed by atoms with Crippen LogP contribution < -0.4 is 5.32 Å². The summed E-state index contributed by atoms with van der Waals surface area (Å²) < 4.78 is 0. The second kappa shape index (κ2) is 5.54. The average Bonchev–Trinajstić information content (AvgIpc) is 2.38. The van der Waals surface area contributed by atoms with Crippen LogP contribution in [0.2, 0.25) is 0 Å². The normalized spacial score (nSPS) is 17.8. The highest BCUT2D eigenvalue weighted by molar-refractivity contribution is 6.03. The number of hydrogen-bond donors (Lipinski definition) is 1. The highest BCUT2D eigenvalue weighted by Gasteiger charge is 2.30. The Balaban J connectivity index is 2.22. The van der Waals surface area contributed by atoms with E-state index < -0.39 is 6.04 Å². The van der Waals surface area contributed by atoms with Gasteiger partial charge in [-0.1, -0.05) is 17.7 Å². The first-order valence-corrected chi connectivity index (χ1v) is 6.56. The van der Waals surface area contributed by atoms with Crippen LogP contribution in [0, 0.1) is 13.8 Å².